The summed E-state index contributed by atoms with van der Waals surface area (Å²) in [5.41, 5.74) is -0.0578. The fraction of sp³-hybridized carbons (Fsp3) is 0.588. The molecule has 6 heteroatoms. The first-order valence-electron chi connectivity index (χ1n) is 7.77. The summed E-state index contributed by atoms with van der Waals surface area (Å²) in [7, 11) is 1.40. The number of anilines is 1. The van der Waals surface area contributed by atoms with Crippen LogP contribution in [0.25, 0.3) is 0 Å². The molecule has 1 fully saturated rings. The second-order valence-corrected chi connectivity index (χ2v) is 6.39. The van der Waals surface area contributed by atoms with Crippen molar-refractivity contribution in [3.05, 3.63) is 23.9 Å². The molecular formula is C17H23N3O3. The van der Waals surface area contributed by atoms with Crippen LogP contribution < -0.4 is 4.90 Å². The van der Waals surface area contributed by atoms with E-state index in [9.17, 15) is 4.79 Å². The van der Waals surface area contributed by atoms with Gasteiger partial charge in [-0.1, -0.05) is 0 Å². The van der Waals surface area contributed by atoms with Crippen LogP contribution in [0, 0.1) is 16.7 Å². The third-order valence-electron chi connectivity index (χ3n) is 4.06. The predicted molar refractivity (Wildman–Crippen MR) is 85.9 cm³/mol. The zero-order chi connectivity index (χ0) is 16.9. The number of hydrogen-bond donors (Lipinski definition) is 0. The van der Waals surface area contributed by atoms with Gasteiger partial charge in [0, 0.05) is 19.3 Å². The Morgan fingerprint density at radius 3 is 2.65 bits per heavy atom. The first kappa shape index (κ1) is 17.2. The topological polar surface area (TPSA) is 75.5 Å². The lowest BCUT2D eigenvalue weighted by atomic mass is 9.95. The Hall–Kier alpha value is -2.13. The quantitative estimate of drug-likeness (QED) is 0.775. The maximum atomic E-state index is 11.7. The maximum Gasteiger partial charge on any atom is 0.313 e. The van der Waals surface area contributed by atoms with Crippen molar-refractivity contribution in [2.75, 3.05) is 31.7 Å². The van der Waals surface area contributed by atoms with E-state index < -0.39 is 5.41 Å². The second-order valence-electron chi connectivity index (χ2n) is 6.39. The molecule has 124 valence electrons. The number of aromatic nitrogens is 1. The van der Waals surface area contributed by atoms with E-state index in [2.05, 4.69) is 16.0 Å². The molecule has 1 aromatic heterocycles. The molecule has 23 heavy (non-hydrogen) atoms. The van der Waals surface area contributed by atoms with Crippen LogP contribution in [0.5, 0.6) is 0 Å². The molecule has 1 aliphatic rings. The molecule has 0 unspecified atom stereocenters. The minimum Gasteiger partial charge on any atom is -0.469 e. The van der Waals surface area contributed by atoms with E-state index in [0.717, 1.165) is 31.7 Å². The molecule has 0 aromatic carbocycles. The standard InChI is InChI=1S/C17H23N3O3/c1-17(2,16(21)22-3)12-23-14-6-8-20(9-7-14)15-5-4-13(10-18)11-19-15/h4-5,11,14H,6-9,12H2,1-3H3. The Labute approximate surface area is 137 Å². The molecule has 6 nitrogen and oxygen atoms in total. The first-order valence-corrected chi connectivity index (χ1v) is 7.77. The summed E-state index contributed by atoms with van der Waals surface area (Å²) in [6.07, 6.45) is 3.52. The molecule has 0 saturated carbocycles. The van der Waals surface area contributed by atoms with Crippen LogP contribution in [0.15, 0.2) is 18.3 Å². The number of nitriles is 1. The first-order chi connectivity index (χ1) is 11.0. The summed E-state index contributed by atoms with van der Waals surface area (Å²) in [5, 5.41) is 8.80. The van der Waals surface area contributed by atoms with Gasteiger partial charge in [0.05, 0.1) is 30.8 Å². The van der Waals surface area contributed by atoms with Crippen LogP contribution in [0.2, 0.25) is 0 Å². The number of carbonyl (C=O) groups excluding carboxylic acids is 1. The van der Waals surface area contributed by atoms with Gasteiger partial charge in [0.1, 0.15) is 11.9 Å². The Balaban J connectivity index is 1.82. The minimum absolute atomic E-state index is 0.147. The van der Waals surface area contributed by atoms with E-state index >= 15 is 0 Å². The van der Waals surface area contributed by atoms with E-state index in [1.807, 2.05) is 19.9 Å². The number of esters is 1. The average molecular weight is 317 g/mol. The fourth-order valence-corrected chi connectivity index (χ4v) is 2.55. The van der Waals surface area contributed by atoms with Crippen LogP contribution in [0.1, 0.15) is 32.3 Å². The summed E-state index contributed by atoms with van der Waals surface area (Å²) in [6, 6.07) is 5.73. The number of rotatable bonds is 5. The van der Waals surface area contributed by atoms with Crippen LogP contribution in [-0.2, 0) is 14.3 Å². The summed E-state index contributed by atoms with van der Waals surface area (Å²) in [6.45, 7) is 5.72. The minimum atomic E-state index is -0.624. The molecule has 1 aromatic rings. The lowest BCUT2D eigenvalue weighted by Crippen LogP contribution is -2.40. The molecule has 1 saturated heterocycles. The zero-order valence-electron chi connectivity index (χ0n) is 13.9. The SMILES string of the molecule is COC(=O)C(C)(C)COC1CCN(c2ccc(C#N)cn2)CC1. The van der Waals surface area contributed by atoms with Gasteiger partial charge in [-0.05, 0) is 38.8 Å². The number of methoxy groups -OCH3 is 1. The Morgan fingerprint density at radius 2 is 2.13 bits per heavy atom. The number of nitrogens with zero attached hydrogens (tertiary/aromatic N) is 3. The van der Waals surface area contributed by atoms with E-state index in [1.165, 1.54) is 7.11 Å². The van der Waals surface area contributed by atoms with E-state index in [-0.39, 0.29) is 12.1 Å². The normalized spacial score (nSPS) is 16.0. The van der Waals surface area contributed by atoms with Crippen LogP contribution in [0.4, 0.5) is 5.82 Å². The molecule has 0 aliphatic carbocycles. The van der Waals surface area contributed by atoms with Crippen molar-refractivity contribution in [2.45, 2.75) is 32.8 Å². The highest BCUT2D eigenvalue weighted by Crippen LogP contribution is 2.23. The lowest BCUT2D eigenvalue weighted by Gasteiger charge is -2.34. The Bertz CT molecular complexity index is 570. The number of piperidine rings is 1. The van der Waals surface area contributed by atoms with Gasteiger partial charge in [-0.15, -0.1) is 0 Å². The number of carbonyl (C=O) groups is 1. The third-order valence-corrected chi connectivity index (χ3v) is 4.06. The van der Waals surface area contributed by atoms with Crippen LogP contribution >= 0.6 is 0 Å². The van der Waals surface area contributed by atoms with E-state index in [4.69, 9.17) is 14.7 Å². The monoisotopic (exact) mass is 317 g/mol. The molecule has 0 bridgehead atoms. The molecule has 2 heterocycles. The highest BCUT2D eigenvalue weighted by atomic mass is 16.5. The summed E-state index contributed by atoms with van der Waals surface area (Å²) < 4.78 is 10.7. The van der Waals surface area contributed by atoms with Gasteiger partial charge in [0.15, 0.2) is 0 Å². The molecule has 0 amide bonds. The Kier molecular flexibility index (Phi) is 5.56. The smallest absolute Gasteiger partial charge is 0.313 e. The van der Waals surface area contributed by atoms with Gasteiger partial charge < -0.3 is 14.4 Å². The Morgan fingerprint density at radius 1 is 1.43 bits per heavy atom. The van der Waals surface area contributed by atoms with Gasteiger partial charge >= 0.3 is 5.97 Å². The van der Waals surface area contributed by atoms with Gasteiger partial charge in [-0.2, -0.15) is 5.26 Å². The zero-order valence-corrected chi connectivity index (χ0v) is 13.9. The van der Waals surface area contributed by atoms with Gasteiger partial charge in [-0.3, -0.25) is 4.79 Å². The van der Waals surface area contributed by atoms with Crippen molar-refractivity contribution >= 4 is 11.8 Å². The van der Waals surface area contributed by atoms with Gasteiger partial charge in [0.25, 0.3) is 0 Å². The third kappa shape index (κ3) is 4.42. The van der Waals surface area contributed by atoms with Crippen LogP contribution in [0.3, 0.4) is 0 Å². The average Bonchev–Trinajstić information content (AvgIpc) is 2.60. The van der Waals surface area contributed by atoms with Crippen molar-refractivity contribution in [3.8, 4) is 6.07 Å². The van der Waals surface area contributed by atoms with Crippen molar-refractivity contribution in [3.63, 3.8) is 0 Å². The number of pyridine rings is 1. The predicted octanol–water partition coefficient (Wildman–Crippen LogP) is 2.14. The fourth-order valence-electron chi connectivity index (χ4n) is 2.55. The molecular weight excluding hydrogens is 294 g/mol. The molecule has 0 radical (unpaired) electrons. The van der Waals surface area contributed by atoms with E-state index in [0.29, 0.717) is 12.2 Å². The lowest BCUT2D eigenvalue weighted by molar-refractivity contribution is -0.155. The number of ether oxygens (including phenoxy) is 2. The molecule has 0 spiro atoms. The molecule has 1 aliphatic heterocycles. The van der Waals surface area contributed by atoms with Crippen molar-refractivity contribution in [1.29, 1.82) is 5.26 Å². The van der Waals surface area contributed by atoms with Gasteiger partial charge in [-0.25, -0.2) is 4.98 Å². The largest absolute Gasteiger partial charge is 0.469 e. The van der Waals surface area contributed by atoms with Crippen molar-refractivity contribution in [1.82, 2.24) is 4.98 Å². The summed E-state index contributed by atoms with van der Waals surface area (Å²) in [5.74, 6) is 0.633. The molecule has 0 atom stereocenters. The highest BCUT2D eigenvalue weighted by molar-refractivity contribution is 5.75. The van der Waals surface area contributed by atoms with Crippen molar-refractivity contribution in [2.24, 2.45) is 5.41 Å². The highest BCUT2D eigenvalue weighted by Gasteiger charge is 2.31. The van der Waals surface area contributed by atoms with Crippen molar-refractivity contribution < 1.29 is 14.3 Å². The number of hydrogen-bond acceptors (Lipinski definition) is 6. The maximum absolute atomic E-state index is 11.7. The van der Waals surface area contributed by atoms with E-state index in [1.54, 1.807) is 12.3 Å². The molecule has 0 N–H and O–H groups in total. The second kappa shape index (κ2) is 7.42. The van der Waals surface area contributed by atoms with Crippen LogP contribution in [-0.4, -0.2) is 43.9 Å². The van der Waals surface area contributed by atoms with Gasteiger partial charge in [0.2, 0.25) is 0 Å². The summed E-state index contributed by atoms with van der Waals surface area (Å²) >= 11 is 0. The molecule has 2 rings (SSSR count). The summed E-state index contributed by atoms with van der Waals surface area (Å²) in [4.78, 5) is 18.2.